The van der Waals surface area contributed by atoms with Crippen LogP contribution < -0.4 is 10.1 Å². The molecule has 0 aliphatic rings. The maximum atomic E-state index is 11.4. The molecule has 0 spiro atoms. The average molecular weight is 327 g/mol. The molecule has 2 N–H and O–H groups in total. The van der Waals surface area contributed by atoms with Crippen molar-refractivity contribution in [3.8, 4) is 5.75 Å². The molecular weight excluding hydrogens is 302 g/mol. The van der Waals surface area contributed by atoms with Gasteiger partial charge >= 0.3 is 5.97 Å². The lowest BCUT2D eigenvalue weighted by Crippen LogP contribution is -2.48. The number of hydrogen-bond donors (Lipinski definition) is 2. The van der Waals surface area contributed by atoms with Gasteiger partial charge < -0.3 is 9.84 Å². The van der Waals surface area contributed by atoms with Crippen molar-refractivity contribution in [1.82, 2.24) is 5.32 Å². The number of rotatable bonds is 7. The minimum Gasteiger partial charge on any atom is -0.489 e. The minimum atomic E-state index is -0.839. The molecule has 128 valence electrons. The fraction of sp³-hybridized carbons (Fsp3) is 0.350. The normalized spacial score (nSPS) is 12.6. The van der Waals surface area contributed by atoms with Gasteiger partial charge in [-0.1, -0.05) is 42.5 Å². The SMILES string of the molecule is CC(C)(C)N[C@@H](Cc1ccc(OCc2ccccc2)cc1)C(=O)O. The van der Waals surface area contributed by atoms with E-state index in [-0.39, 0.29) is 5.54 Å². The first-order chi connectivity index (χ1) is 11.3. The monoisotopic (exact) mass is 327 g/mol. The summed E-state index contributed by atoms with van der Waals surface area (Å²) in [6.45, 7) is 6.40. The van der Waals surface area contributed by atoms with E-state index in [9.17, 15) is 9.90 Å². The molecule has 0 amide bonds. The van der Waals surface area contributed by atoms with E-state index in [1.165, 1.54) is 0 Å². The first-order valence-electron chi connectivity index (χ1n) is 8.10. The van der Waals surface area contributed by atoms with E-state index in [1.807, 2.05) is 75.4 Å². The molecule has 0 aromatic heterocycles. The second-order valence-corrected chi connectivity index (χ2v) is 6.91. The second kappa shape index (κ2) is 7.97. The lowest BCUT2D eigenvalue weighted by atomic mass is 10.0. The molecule has 0 aliphatic carbocycles. The van der Waals surface area contributed by atoms with E-state index in [0.717, 1.165) is 16.9 Å². The molecule has 0 aliphatic heterocycles. The maximum Gasteiger partial charge on any atom is 0.321 e. The van der Waals surface area contributed by atoms with Crippen LogP contribution in [0.5, 0.6) is 5.75 Å². The van der Waals surface area contributed by atoms with Crippen LogP contribution in [0.25, 0.3) is 0 Å². The Balaban J connectivity index is 1.94. The van der Waals surface area contributed by atoms with Gasteiger partial charge in [0.15, 0.2) is 0 Å². The van der Waals surface area contributed by atoms with Crippen LogP contribution in [0.15, 0.2) is 54.6 Å². The third kappa shape index (κ3) is 6.05. The Labute approximate surface area is 143 Å². The first-order valence-corrected chi connectivity index (χ1v) is 8.10. The highest BCUT2D eigenvalue weighted by atomic mass is 16.5. The van der Waals surface area contributed by atoms with E-state index in [2.05, 4.69) is 5.32 Å². The molecule has 2 rings (SSSR count). The topological polar surface area (TPSA) is 58.6 Å². The van der Waals surface area contributed by atoms with Crippen LogP contribution in [-0.4, -0.2) is 22.7 Å². The van der Waals surface area contributed by atoms with Gasteiger partial charge in [-0.25, -0.2) is 0 Å². The largest absolute Gasteiger partial charge is 0.489 e. The molecule has 0 bridgehead atoms. The highest BCUT2D eigenvalue weighted by Gasteiger charge is 2.23. The van der Waals surface area contributed by atoms with Crippen molar-refractivity contribution in [3.63, 3.8) is 0 Å². The number of ether oxygens (including phenoxy) is 1. The number of carboxylic acid groups (broad SMARTS) is 1. The van der Waals surface area contributed by atoms with E-state index >= 15 is 0 Å². The van der Waals surface area contributed by atoms with Crippen LogP contribution >= 0.6 is 0 Å². The van der Waals surface area contributed by atoms with Crippen molar-refractivity contribution in [2.45, 2.75) is 45.4 Å². The molecule has 2 aromatic carbocycles. The molecule has 0 fully saturated rings. The first kappa shape index (κ1) is 18.0. The predicted molar refractivity (Wildman–Crippen MR) is 95.2 cm³/mol. The average Bonchev–Trinajstić information content (AvgIpc) is 2.53. The number of benzene rings is 2. The van der Waals surface area contributed by atoms with Crippen molar-refractivity contribution in [3.05, 3.63) is 65.7 Å². The molecule has 0 saturated carbocycles. The molecule has 0 heterocycles. The van der Waals surface area contributed by atoms with Crippen LogP contribution in [0.3, 0.4) is 0 Å². The number of carboxylic acids is 1. The smallest absolute Gasteiger partial charge is 0.321 e. The number of hydrogen-bond acceptors (Lipinski definition) is 3. The Kier molecular flexibility index (Phi) is 5.99. The molecule has 0 unspecified atom stereocenters. The summed E-state index contributed by atoms with van der Waals surface area (Å²) in [4.78, 5) is 11.4. The van der Waals surface area contributed by atoms with Gasteiger partial charge in [-0.05, 0) is 50.5 Å². The van der Waals surface area contributed by atoms with Crippen molar-refractivity contribution in [2.75, 3.05) is 0 Å². The van der Waals surface area contributed by atoms with Gasteiger partial charge in [0.1, 0.15) is 18.4 Å². The maximum absolute atomic E-state index is 11.4. The molecule has 0 radical (unpaired) electrons. The lowest BCUT2D eigenvalue weighted by Gasteiger charge is -2.26. The Morgan fingerprint density at radius 3 is 2.21 bits per heavy atom. The molecular formula is C20H25NO3. The van der Waals surface area contributed by atoms with Crippen molar-refractivity contribution in [2.24, 2.45) is 0 Å². The summed E-state index contributed by atoms with van der Waals surface area (Å²) in [5, 5.41) is 12.5. The highest BCUT2D eigenvalue weighted by Crippen LogP contribution is 2.16. The van der Waals surface area contributed by atoms with Crippen molar-refractivity contribution >= 4 is 5.97 Å². The van der Waals surface area contributed by atoms with Gasteiger partial charge in [0, 0.05) is 5.54 Å². The molecule has 1 atom stereocenters. The summed E-state index contributed by atoms with van der Waals surface area (Å²) in [5.74, 6) is -0.0624. The summed E-state index contributed by atoms with van der Waals surface area (Å²) in [7, 11) is 0. The summed E-state index contributed by atoms with van der Waals surface area (Å²) in [6.07, 6.45) is 0.436. The summed E-state index contributed by atoms with van der Waals surface area (Å²) >= 11 is 0. The summed E-state index contributed by atoms with van der Waals surface area (Å²) < 4.78 is 5.75. The number of aliphatic carboxylic acids is 1. The molecule has 24 heavy (non-hydrogen) atoms. The fourth-order valence-electron chi connectivity index (χ4n) is 2.42. The second-order valence-electron chi connectivity index (χ2n) is 6.91. The van der Waals surface area contributed by atoms with E-state index in [0.29, 0.717) is 13.0 Å². The number of carbonyl (C=O) groups is 1. The highest BCUT2D eigenvalue weighted by molar-refractivity contribution is 5.74. The van der Waals surface area contributed by atoms with E-state index in [4.69, 9.17) is 4.74 Å². The molecule has 4 heteroatoms. The third-order valence-electron chi connectivity index (χ3n) is 3.52. The van der Waals surface area contributed by atoms with Crippen molar-refractivity contribution < 1.29 is 14.6 Å². The number of nitrogens with one attached hydrogen (secondary N) is 1. The zero-order valence-electron chi connectivity index (χ0n) is 14.5. The summed E-state index contributed by atoms with van der Waals surface area (Å²) in [6, 6.07) is 17.0. The molecule has 2 aromatic rings. The van der Waals surface area contributed by atoms with E-state index in [1.54, 1.807) is 0 Å². The van der Waals surface area contributed by atoms with E-state index < -0.39 is 12.0 Å². The van der Waals surface area contributed by atoms with Crippen LogP contribution in [0, 0.1) is 0 Å². The quantitative estimate of drug-likeness (QED) is 0.815. The molecule has 4 nitrogen and oxygen atoms in total. The van der Waals surface area contributed by atoms with Gasteiger partial charge in [-0.3, -0.25) is 10.1 Å². The molecule has 0 saturated heterocycles. The zero-order chi connectivity index (χ0) is 17.6. The van der Waals surface area contributed by atoms with Crippen LogP contribution in [0.2, 0.25) is 0 Å². The van der Waals surface area contributed by atoms with Gasteiger partial charge in [0.05, 0.1) is 0 Å². The van der Waals surface area contributed by atoms with Crippen molar-refractivity contribution in [1.29, 1.82) is 0 Å². The third-order valence-corrected chi connectivity index (χ3v) is 3.52. The Morgan fingerprint density at radius 2 is 1.67 bits per heavy atom. The Hall–Kier alpha value is -2.33. The Morgan fingerprint density at radius 1 is 1.04 bits per heavy atom. The van der Waals surface area contributed by atoms with Crippen LogP contribution in [-0.2, 0) is 17.8 Å². The zero-order valence-corrected chi connectivity index (χ0v) is 14.5. The van der Waals surface area contributed by atoms with Gasteiger partial charge in [-0.2, -0.15) is 0 Å². The lowest BCUT2D eigenvalue weighted by molar-refractivity contribution is -0.140. The predicted octanol–water partition coefficient (Wildman–Crippen LogP) is 3.65. The minimum absolute atomic E-state index is 0.248. The van der Waals surface area contributed by atoms with Gasteiger partial charge in [0.25, 0.3) is 0 Å². The summed E-state index contributed by atoms with van der Waals surface area (Å²) in [5.41, 5.74) is 1.83. The van der Waals surface area contributed by atoms with Crippen LogP contribution in [0.4, 0.5) is 0 Å². The standard InChI is InChI=1S/C20H25NO3/c1-20(2,3)21-18(19(22)23)13-15-9-11-17(12-10-15)24-14-16-7-5-4-6-8-16/h4-12,18,21H,13-14H2,1-3H3,(H,22,23)/t18-/m0/s1. The van der Waals surface area contributed by atoms with Gasteiger partial charge in [-0.15, -0.1) is 0 Å². The van der Waals surface area contributed by atoms with Crippen LogP contribution in [0.1, 0.15) is 31.9 Å². The Bertz CT molecular complexity index is 645. The fourth-order valence-corrected chi connectivity index (χ4v) is 2.42. The van der Waals surface area contributed by atoms with Gasteiger partial charge in [0.2, 0.25) is 0 Å².